The second-order valence-electron chi connectivity index (χ2n) is 4.96. The normalized spacial score (nSPS) is 20.4. The van der Waals surface area contributed by atoms with Crippen molar-refractivity contribution in [2.45, 2.75) is 32.9 Å². The van der Waals surface area contributed by atoms with E-state index in [1.165, 1.54) is 0 Å². The summed E-state index contributed by atoms with van der Waals surface area (Å²) in [7, 11) is 1.59. The van der Waals surface area contributed by atoms with Crippen molar-refractivity contribution in [3.8, 4) is 5.75 Å². The van der Waals surface area contributed by atoms with E-state index in [0.29, 0.717) is 12.1 Å². The maximum Gasteiger partial charge on any atom is 0.230 e. The summed E-state index contributed by atoms with van der Waals surface area (Å²) in [5, 5.41) is 13.2. The number of hydrogen-bond donors (Lipinski definition) is 1. The van der Waals surface area contributed by atoms with E-state index in [0.717, 1.165) is 16.9 Å². The molecule has 0 aliphatic heterocycles. The van der Waals surface area contributed by atoms with E-state index in [-0.39, 0.29) is 12.5 Å². The Morgan fingerprint density at radius 1 is 1.60 bits per heavy atom. The van der Waals surface area contributed by atoms with E-state index in [4.69, 9.17) is 4.74 Å². The monoisotopic (exact) mass is 279 g/mol. The molecular formula is C13H17N3O4. The Kier molecular flexibility index (Phi) is 3.87. The van der Waals surface area contributed by atoms with E-state index in [9.17, 15) is 14.9 Å². The van der Waals surface area contributed by atoms with Gasteiger partial charge in [0.1, 0.15) is 11.7 Å². The summed E-state index contributed by atoms with van der Waals surface area (Å²) in [6.45, 7) is 4.02. The highest BCUT2D eigenvalue weighted by atomic mass is 16.6. The second-order valence-corrected chi connectivity index (χ2v) is 4.96. The first-order valence-electron chi connectivity index (χ1n) is 6.36. The van der Waals surface area contributed by atoms with Gasteiger partial charge in [-0.05, 0) is 13.8 Å². The fraction of sp³-hybridized carbons (Fsp3) is 0.538. The lowest BCUT2D eigenvalue weighted by molar-refractivity contribution is -0.497. The molecule has 1 amide bonds. The SMILES string of the molecule is COc1c(C)cnc(CNC(=O)[C@@H]2C[C@@H]2[N+](=O)[O-])c1C. The fourth-order valence-electron chi connectivity index (χ4n) is 2.25. The van der Waals surface area contributed by atoms with Crippen LogP contribution in [0, 0.1) is 29.9 Å². The number of nitrogens with zero attached hydrogens (tertiary/aromatic N) is 2. The Hall–Kier alpha value is -2.18. The van der Waals surface area contributed by atoms with E-state index in [1.807, 2.05) is 13.8 Å². The lowest BCUT2D eigenvalue weighted by Crippen LogP contribution is -2.27. The average Bonchev–Trinajstić information content (AvgIpc) is 3.18. The van der Waals surface area contributed by atoms with Crippen LogP contribution in [0.1, 0.15) is 23.2 Å². The largest absolute Gasteiger partial charge is 0.496 e. The molecule has 1 saturated carbocycles. The number of pyridine rings is 1. The zero-order valence-corrected chi connectivity index (χ0v) is 11.7. The van der Waals surface area contributed by atoms with Gasteiger partial charge in [-0.1, -0.05) is 0 Å². The van der Waals surface area contributed by atoms with Gasteiger partial charge in [0.25, 0.3) is 0 Å². The molecule has 1 aliphatic carbocycles. The Balaban J connectivity index is 1.98. The molecule has 0 bridgehead atoms. The maximum absolute atomic E-state index is 11.8. The van der Waals surface area contributed by atoms with E-state index in [2.05, 4.69) is 10.3 Å². The summed E-state index contributed by atoms with van der Waals surface area (Å²) < 4.78 is 5.29. The number of amides is 1. The van der Waals surface area contributed by atoms with Crippen LogP contribution in [0.25, 0.3) is 0 Å². The van der Waals surface area contributed by atoms with Crippen LogP contribution in [-0.4, -0.2) is 29.0 Å². The lowest BCUT2D eigenvalue weighted by atomic mass is 10.1. The van der Waals surface area contributed by atoms with Gasteiger partial charge in [-0.2, -0.15) is 0 Å². The van der Waals surface area contributed by atoms with Gasteiger partial charge in [-0.25, -0.2) is 0 Å². The summed E-state index contributed by atoms with van der Waals surface area (Å²) in [5.74, 6) is -0.0380. The van der Waals surface area contributed by atoms with Gasteiger partial charge in [0.05, 0.1) is 19.3 Å². The molecule has 7 nitrogen and oxygen atoms in total. The van der Waals surface area contributed by atoms with Gasteiger partial charge in [0.15, 0.2) is 0 Å². The van der Waals surface area contributed by atoms with E-state index in [1.54, 1.807) is 13.3 Å². The zero-order chi connectivity index (χ0) is 14.9. The Morgan fingerprint density at radius 3 is 2.85 bits per heavy atom. The number of methoxy groups -OCH3 is 1. The lowest BCUT2D eigenvalue weighted by Gasteiger charge is -2.12. The molecule has 0 saturated heterocycles. The van der Waals surface area contributed by atoms with Crippen LogP contribution >= 0.6 is 0 Å². The molecule has 1 N–H and O–H groups in total. The summed E-state index contributed by atoms with van der Waals surface area (Å²) in [6, 6.07) is -0.725. The summed E-state index contributed by atoms with van der Waals surface area (Å²) >= 11 is 0. The third-order valence-electron chi connectivity index (χ3n) is 3.54. The molecule has 1 heterocycles. The number of aryl methyl sites for hydroxylation is 1. The van der Waals surface area contributed by atoms with Crippen LogP contribution < -0.4 is 10.1 Å². The minimum absolute atomic E-state index is 0.252. The highest BCUT2D eigenvalue weighted by molar-refractivity contribution is 5.81. The summed E-state index contributed by atoms with van der Waals surface area (Å²) in [5.41, 5.74) is 2.50. The first-order chi connectivity index (χ1) is 9.45. The van der Waals surface area contributed by atoms with E-state index < -0.39 is 16.9 Å². The number of hydrogen-bond acceptors (Lipinski definition) is 5. The zero-order valence-electron chi connectivity index (χ0n) is 11.7. The molecule has 1 aromatic heterocycles. The quantitative estimate of drug-likeness (QED) is 0.640. The summed E-state index contributed by atoms with van der Waals surface area (Å²) in [6.07, 6.45) is 2.01. The standard InChI is InChI=1S/C13H17N3O4/c1-7-5-14-10(8(2)12(7)20-3)6-15-13(17)9-4-11(9)16(18)19/h5,9,11H,4,6H2,1-3H3,(H,15,17)/t9-,11+/m1/s1. The van der Waals surface area contributed by atoms with Crippen LogP contribution in [0.4, 0.5) is 0 Å². The van der Waals surface area contributed by atoms with E-state index >= 15 is 0 Å². The average molecular weight is 279 g/mol. The fourth-order valence-corrected chi connectivity index (χ4v) is 2.25. The number of nitrogens with one attached hydrogen (secondary N) is 1. The van der Waals surface area contributed by atoms with Gasteiger partial charge in [0.2, 0.25) is 11.9 Å². The van der Waals surface area contributed by atoms with Crippen molar-refractivity contribution in [1.82, 2.24) is 10.3 Å². The third kappa shape index (κ3) is 2.71. The first kappa shape index (κ1) is 14.2. The Morgan fingerprint density at radius 2 is 2.30 bits per heavy atom. The molecule has 0 aromatic carbocycles. The predicted octanol–water partition coefficient (Wildman–Crippen LogP) is 0.988. The number of nitro groups is 1. The van der Waals surface area contributed by atoms with Crippen molar-refractivity contribution >= 4 is 5.91 Å². The molecule has 0 unspecified atom stereocenters. The van der Waals surface area contributed by atoms with Crippen LogP contribution in [-0.2, 0) is 11.3 Å². The molecule has 1 aliphatic rings. The van der Waals surface area contributed by atoms with Gasteiger partial charge < -0.3 is 10.1 Å². The van der Waals surface area contributed by atoms with Crippen LogP contribution in [0.5, 0.6) is 5.75 Å². The van der Waals surface area contributed by atoms with Crippen molar-refractivity contribution in [3.63, 3.8) is 0 Å². The minimum Gasteiger partial charge on any atom is -0.496 e. The van der Waals surface area contributed by atoms with Crippen molar-refractivity contribution in [3.05, 3.63) is 33.1 Å². The molecule has 108 valence electrons. The van der Waals surface area contributed by atoms with Gasteiger partial charge in [-0.3, -0.25) is 19.9 Å². The second kappa shape index (κ2) is 5.44. The van der Waals surface area contributed by atoms with Crippen molar-refractivity contribution in [2.75, 3.05) is 7.11 Å². The highest BCUT2D eigenvalue weighted by Gasteiger charge is 2.53. The smallest absolute Gasteiger partial charge is 0.230 e. The van der Waals surface area contributed by atoms with Crippen molar-refractivity contribution in [1.29, 1.82) is 0 Å². The molecule has 1 aromatic rings. The number of rotatable bonds is 5. The predicted molar refractivity (Wildman–Crippen MR) is 71.0 cm³/mol. The molecule has 0 radical (unpaired) electrons. The number of aromatic nitrogens is 1. The van der Waals surface area contributed by atoms with Gasteiger partial charge in [0, 0.05) is 28.7 Å². The number of ether oxygens (including phenoxy) is 1. The molecule has 20 heavy (non-hydrogen) atoms. The van der Waals surface area contributed by atoms with Crippen molar-refractivity contribution < 1.29 is 14.5 Å². The minimum atomic E-state index is -0.725. The van der Waals surface area contributed by atoms with Gasteiger partial charge in [-0.15, -0.1) is 0 Å². The highest BCUT2D eigenvalue weighted by Crippen LogP contribution is 2.33. The van der Waals surface area contributed by atoms with Gasteiger partial charge >= 0.3 is 0 Å². The molecule has 0 spiro atoms. The topological polar surface area (TPSA) is 94.4 Å². The van der Waals surface area contributed by atoms with Crippen LogP contribution in [0.2, 0.25) is 0 Å². The molecule has 1 fully saturated rings. The molecule has 2 atom stereocenters. The molecular weight excluding hydrogens is 262 g/mol. The van der Waals surface area contributed by atoms with Crippen molar-refractivity contribution in [2.24, 2.45) is 5.92 Å². The Bertz CT molecular complexity index is 559. The molecule has 7 heteroatoms. The maximum atomic E-state index is 11.8. The Labute approximate surface area is 116 Å². The molecule has 2 rings (SSSR count). The summed E-state index contributed by atoms with van der Waals surface area (Å²) in [4.78, 5) is 26.1. The van der Waals surface area contributed by atoms with Crippen LogP contribution in [0.15, 0.2) is 6.20 Å². The first-order valence-corrected chi connectivity index (χ1v) is 6.36. The number of carbonyl (C=O) groups excluding carboxylic acids is 1. The van der Waals surface area contributed by atoms with Crippen LogP contribution in [0.3, 0.4) is 0 Å². The number of carbonyl (C=O) groups is 1. The third-order valence-corrected chi connectivity index (χ3v) is 3.54.